The molecule has 0 unspecified atom stereocenters. The molecule has 0 spiro atoms. The molecule has 0 fully saturated rings. The first-order valence-electron chi connectivity index (χ1n) is 7.30. The quantitative estimate of drug-likeness (QED) is 0.780. The number of oxazole rings is 1. The monoisotopic (exact) mass is 330 g/mol. The van der Waals surface area contributed by atoms with Crippen molar-refractivity contribution >= 4 is 21.1 Å². The van der Waals surface area contributed by atoms with Crippen LogP contribution in [0.15, 0.2) is 46.9 Å². The fraction of sp³-hybridized carbons (Fsp3) is 0.235. The molecule has 6 heteroatoms. The van der Waals surface area contributed by atoms with Crippen molar-refractivity contribution in [1.29, 1.82) is 0 Å². The molecule has 0 saturated carbocycles. The van der Waals surface area contributed by atoms with Gasteiger partial charge in [0.25, 0.3) is 0 Å². The Morgan fingerprint density at radius 1 is 1.09 bits per heavy atom. The van der Waals surface area contributed by atoms with Crippen molar-refractivity contribution in [2.45, 2.75) is 26.1 Å². The summed E-state index contributed by atoms with van der Waals surface area (Å²) in [5.41, 5.74) is 4.11. The van der Waals surface area contributed by atoms with E-state index in [1.165, 1.54) is 0 Å². The first-order valence-corrected chi connectivity index (χ1v) is 8.95. The molecule has 1 aromatic heterocycles. The number of hydrogen-bond donors (Lipinski definition) is 1. The molecule has 5 nitrogen and oxygen atoms in total. The third-order valence-corrected chi connectivity index (χ3v) is 4.79. The molecule has 1 heterocycles. The van der Waals surface area contributed by atoms with Crippen molar-refractivity contribution in [2.24, 2.45) is 0 Å². The second kappa shape index (κ2) is 6.14. The van der Waals surface area contributed by atoms with Crippen LogP contribution in [0.3, 0.4) is 0 Å². The molecule has 3 rings (SSSR count). The summed E-state index contributed by atoms with van der Waals surface area (Å²) < 4.78 is 32.5. The minimum Gasteiger partial charge on any atom is -0.441 e. The van der Waals surface area contributed by atoms with Crippen molar-refractivity contribution in [2.75, 3.05) is 0 Å². The fourth-order valence-electron chi connectivity index (χ4n) is 2.46. The Kier molecular flexibility index (Phi) is 4.19. The van der Waals surface area contributed by atoms with E-state index in [2.05, 4.69) is 9.71 Å². The highest BCUT2D eigenvalue weighted by molar-refractivity contribution is 7.88. The molecule has 0 saturated heterocycles. The van der Waals surface area contributed by atoms with Crippen LogP contribution >= 0.6 is 0 Å². The van der Waals surface area contributed by atoms with Crippen LogP contribution in [0.4, 0.5) is 0 Å². The third kappa shape index (κ3) is 3.97. The van der Waals surface area contributed by atoms with Crippen molar-refractivity contribution in [3.05, 3.63) is 65.0 Å². The van der Waals surface area contributed by atoms with E-state index < -0.39 is 10.0 Å². The van der Waals surface area contributed by atoms with E-state index >= 15 is 0 Å². The van der Waals surface area contributed by atoms with Gasteiger partial charge in [-0.05, 0) is 30.2 Å². The van der Waals surface area contributed by atoms with Gasteiger partial charge in [0.2, 0.25) is 10.0 Å². The molecule has 0 aliphatic rings. The van der Waals surface area contributed by atoms with Crippen molar-refractivity contribution in [3.8, 4) is 0 Å². The molecule has 2 aromatic carbocycles. The number of rotatable bonds is 5. The van der Waals surface area contributed by atoms with Crippen molar-refractivity contribution in [1.82, 2.24) is 9.71 Å². The smallest absolute Gasteiger partial charge is 0.216 e. The van der Waals surface area contributed by atoms with Gasteiger partial charge in [-0.2, -0.15) is 0 Å². The van der Waals surface area contributed by atoms with E-state index in [0.717, 1.165) is 22.2 Å². The number of fused-ring (bicyclic) bond motifs is 1. The Morgan fingerprint density at radius 2 is 1.91 bits per heavy atom. The largest absolute Gasteiger partial charge is 0.441 e. The van der Waals surface area contributed by atoms with Crippen LogP contribution in [0, 0.1) is 13.8 Å². The van der Waals surface area contributed by atoms with E-state index in [-0.39, 0.29) is 12.3 Å². The second-order valence-electron chi connectivity index (χ2n) is 5.60. The van der Waals surface area contributed by atoms with E-state index in [1.54, 1.807) is 13.0 Å². The highest BCUT2D eigenvalue weighted by Gasteiger charge is 2.12. The van der Waals surface area contributed by atoms with Gasteiger partial charge in [-0.1, -0.05) is 35.9 Å². The lowest BCUT2D eigenvalue weighted by Crippen LogP contribution is -2.24. The maximum absolute atomic E-state index is 12.2. The summed E-state index contributed by atoms with van der Waals surface area (Å²) in [7, 11) is -3.39. The lowest BCUT2D eigenvalue weighted by Gasteiger charge is -2.07. The standard InChI is InChI=1S/C17H18N2O3S/c1-12-4-3-5-15(8-12)11-23(20,21)18-10-14-6-7-17-16(9-14)19-13(2)22-17/h3-9,18H,10-11H2,1-2H3. The Labute approximate surface area is 135 Å². The van der Waals surface area contributed by atoms with Gasteiger partial charge in [0.1, 0.15) is 5.52 Å². The number of hydrogen-bond acceptors (Lipinski definition) is 4. The van der Waals surface area contributed by atoms with Gasteiger partial charge in [-0.3, -0.25) is 0 Å². The minimum atomic E-state index is -3.39. The lowest BCUT2D eigenvalue weighted by molar-refractivity contribution is 0.561. The normalized spacial score (nSPS) is 11.9. The highest BCUT2D eigenvalue weighted by atomic mass is 32.2. The second-order valence-corrected chi connectivity index (χ2v) is 7.41. The van der Waals surface area contributed by atoms with Crippen LogP contribution in [0.25, 0.3) is 11.1 Å². The molecule has 0 aliphatic heterocycles. The summed E-state index contributed by atoms with van der Waals surface area (Å²) in [6.07, 6.45) is 0. The van der Waals surface area contributed by atoms with Gasteiger partial charge in [0.05, 0.1) is 5.75 Å². The summed E-state index contributed by atoms with van der Waals surface area (Å²) >= 11 is 0. The van der Waals surface area contributed by atoms with E-state index in [4.69, 9.17) is 4.42 Å². The Bertz CT molecular complexity index is 945. The van der Waals surface area contributed by atoms with Crippen molar-refractivity contribution in [3.63, 3.8) is 0 Å². The maximum atomic E-state index is 12.2. The van der Waals surface area contributed by atoms with Crippen LogP contribution in [-0.4, -0.2) is 13.4 Å². The van der Waals surface area contributed by atoms with Crippen LogP contribution < -0.4 is 4.72 Å². The number of nitrogens with one attached hydrogen (secondary N) is 1. The Morgan fingerprint density at radius 3 is 2.70 bits per heavy atom. The number of aromatic nitrogens is 1. The zero-order valence-electron chi connectivity index (χ0n) is 13.0. The average Bonchev–Trinajstić information content (AvgIpc) is 2.84. The summed E-state index contributed by atoms with van der Waals surface area (Å²) in [4.78, 5) is 4.25. The maximum Gasteiger partial charge on any atom is 0.216 e. The fourth-order valence-corrected chi connectivity index (χ4v) is 3.57. The molecule has 0 radical (unpaired) electrons. The van der Waals surface area contributed by atoms with Gasteiger partial charge >= 0.3 is 0 Å². The topological polar surface area (TPSA) is 72.2 Å². The summed E-state index contributed by atoms with van der Waals surface area (Å²) in [6, 6.07) is 13.0. The molecule has 1 N–H and O–H groups in total. The summed E-state index contributed by atoms with van der Waals surface area (Å²) in [6.45, 7) is 3.96. The van der Waals surface area contributed by atoms with Gasteiger partial charge < -0.3 is 4.42 Å². The zero-order valence-corrected chi connectivity index (χ0v) is 13.9. The number of aryl methyl sites for hydroxylation is 2. The molecule has 0 amide bonds. The molecular formula is C17H18N2O3S. The summed E-state index contributed by atoms with van der Waals surface area (Å²) in [5.74, 6) is 0.567. The first kappa shape index (κ1) is 15.7. The molecule has 0 aliphatic carbocycles. The minimum absolute atomic E-state index is 0.0278. The van der Waals surface area contributed by atoms with Gasteiger partial charge in [-0.25, -0.2) is 18.1 Å². The lowest BCUT2D eigenvalue weighted by atomic mass is 10.2. The number of benzene rings is 2. The molecular weight excluding hydrogens is 312 g/mol. The predicted octanol–water partition coefficient (Wildman–Crippen LogP) is 3.06. The van der Waals surface area contributed by atoms with Crippen LogP contribution in [0.1, 0.15) is 22.6 Å². The SMILES string of the molecule is Cc1cccc(CS(=O)(=O)NCc2ccc3oc(C)nc3c2)c1. The first-order chi connectivity index (χ1) is 10.9. The number of nitrogens with zero attached hydrogens (tertiary/aromatic N) is 1. The van der Waals surface area contributed by atoms with Crippen LogP contribution in [0.2, 0.25) is 0 Å². The molecule has 0 bridgehead atoms. The summed E-state index contributed by atoms with van der Waals surface area (Å²) in [5, 5.41) is 0. The van der Waals surface area contributed by atoms with Gasteiger partial charge in [0.15, 0.2) is 11.5 Å². The molecule has 120 valence electrons. The Hall–Kier alpha value is -2.18. The predicted molar refractivity (Wildman–Crippen MR) is 89.4 cm³/mol. The zero-order chi connectivity index (χ0) is 16.4. The van der Waals surface area contributed by atoms with E-state index in [1.807, 2.05) is 43.3 Å². The van der Waals surface area contributed by atoms with Gasteiger partial charge in [0, 0.05) is 13.5 Å². The Balaban J connectivity index is 1.70. The average molecular weight is 330 g/mol. The van der Waals surface area contributed by atoms with E-state index in [9.17, 15) is 8.42 Å². The molecule has 3 aromatic rings. The van der Waals surface area contributed by atoms with E-state index in [0.29, 0.717) is 11.5 Å². The molecule has 0 atom stereocenters. The van der Waals surface area contributed by atoms with Crippen LogP contribution in [-0.2, 0) is 22.3 Å². The number of sulfonamides is 1. The van der Waals surface area contributed by atoms with Crippen molar-refractivity contribution < 1.29 is 12.8 Å². The highest BCUT2D eigenvalue weighted by Crippen LogP contribution is 2.17. The third-order valence-electron chi connectivity index (χ3n) is 3.49. The molecule has 23 heavy (non-hydrogen) atoms. The van der Waals surface area contributed by atoms with Gasteiger partial charge in [-0.15, -0.1) is 0 Å². The van der Waals surface area contributed by atoms with Crippen LogP contribution in [0.5, 0.6) is 0 Å².